The van der Waals surface area contributed by atoms with Crippen LogP contribution in [0, 0.1) is 0 Å². The van der Waals surface area contributed by atoms with E-state index < -0.39 is 0 Å². The van der Waals surface area contributed by atoms with E-state index in [0.717, 1.165) is 88.7 Å². The normalized spacial score (nSPS) is 13.6. The first-order chi connectivity index (χ1) is 70.5. The Bertz CT molecular complexity index is 6600. The van der Waals surface area contributed by atoms with Crippen LogP contribution < -0.4 is 9.80 Å². The Balaban J connectivity index is 0.741. The number of anilines is 6. The summed E-state index contributed by atoms with van der Waals surface area (Å²) >= 11 is 11.1. The molecule has 0 saturated carbocycles. The number of carbonyl (C=O) groups is 1. The summed E-state index contributed by atoms with van der Waals surface area (Å²) in [6.45, 7) is 14.5. The molecule has 9 heteroatoms. The highest BCUT2D eigenvalue weighted by Crippen LogP contribution is 2.72. The summed E-state index contributed by atoms with van der Waals surface area (Å²) in [5.41, 5.74) is 31.8. The highest BCUT2D eigenvalue weighted by Gasteiger charge is 2.58. The second kappa shape index (κ2) is 47.9. The fourth-order valence-electron chi connectivity index (χ4n) is 23.3. The number of rotatable bonds is 50. The first-order valence-electron chi connectivity index (χ1n) is 53.7. The van der Waals surface area contributed by atoms with Gasteiger partial charge in [-0.15, -0.1) is 68.0 Å². The molecule has 0 atom stereocenters. The Morgan fingerprint density at radius 3 is 0.685 bits per heavy atom. The monoisotopic (exact) mass is 1980 g/mol. The Hall–Kier alpha value is -11.6. The van der Waals surface area contributed by atoms with Gasteiger partial charge in [0.1, 0.15) is 0 Å². The molecule has 6 heterocycles. The number of para-hydroxylation sites is 4. The van der Waals surface area contributed by atoms with E-state index in [1.807, 2.05) is 62.8 Å². The molecule has 0 bridgehead atoms. The summed E-state index contributed by atoms with van der Waals surface area (Å²) in [6, 6.07) is 112. The van der Waals surface area contributed by atoms with Gasteiger partial charge in [0.25, 0.3) is 0 Å². The van der Waals surface area contributed by atoms with Crippen molar-refractivity contribution in [1.29, 1.82) is 0 Å². The van der Waals surface area contributed by atoms with Crippen molar-refractivity contribution in [3.05, 3.63) is 386 Å². The number of unbranched alkanes of at least 4 members (excludes halogenated alkanes) is 18. The first-order valence-corrected chi connectivity index (χ1v) is 58.6. The lowest BCUT2D eigenvalue weighted by Crippen LogP contribution is -2.31. The average Bonchev–Trinajstić information content (AvgIpc) is 1.48. The number of nitrogens with zero attached hydrogens (tertiary/aromatic N) is 2. The Morgan fingerprint density at radius 1 is 0.217 bits per heavy atom. The van der Waals surface area contributed by atoms with Crippen LogP contribution in [-0.4, -0.2) is 6.29 Å². The highest BCUT2D eigenvalue weighted by atomic mass is 32.1. The third-order valence-electron chi connectivity index (χ3n) is 30.4. The first kappa shape index (κ1) is 100. The molecular weight excluding hydrogens is 1850 g/mol. The third kappa shape index (κ3) is 22.3. The molecule has 19 rings (SSSR count). The molecule has 0 saturated heterocycles. The zero-order chi connectivity index (χ0) is 97.7. The lowest BCUT2D eigenvalue weighted by atomic mass is 9.63. The minimum absolute atomic E-state index is 0.260. The van der Waals surface area contributed by atoms with E-state index in [0.29, 0.717) is 0 Å². The van der Waals surface area contributed by atoms with Crippen LogP contribution >= 0.6 is 68.0 Å². The van der Waals surface area contributed by atoms with Crippen molar-refractivity contribution in [3.8, 4) is 64.7 Å². The number of benzene rings is 10. The fourth-order valence-corrected chi connectivity index (χ4v) is 28.4. The van der Waals surface area contributed by atoms with Gasteiger partial charge in [-0.1, -0.05) is 341 Å². The second-order valence-corrected chi connectivity index (χ2v) is 46.7. The van der Waals surface area contributed by atoms with E-state index in [1.54, 1.807) is 61.4 Å². The molecule has 0 N–H and O–H groups in total. The van der Waals surface area contributed by atoms with Crippen LogP contribution in [0.1, 0.15) is 327 Å². The van der Waals surface area contributed by atoms with Gasteiger partial charge < -0.3 is 9.80 Å². The van der Waals surface area contributed by atoms with Gasteiger partial charge in [-0.3, -0.25) is 4.79 Å². The molecule has 16 aromatic rings. The van der Waals surface area contributed by atoms with Crippen LogP contribution in [0.4, 0.5) is 34.1 Å². The van der Waals surface area contributed by atoms with E-state index in [2.05, 4.69) is 403 Å². The summed E-state index contributed by atoms with van der Waals surface area (Å²) in [4.78, 5) is 31.2. The van der Waals surface area contributed by atoms with E-state index in [1.165, 1.54) is 247 Å². The molecule has 0 amide bonds. The third-order valence-corrected chi connectivity index (χ3v) is 36.7. The van der Waals surface area contributed by atoms with E-state index in [9.17, 15) is 4.79 Å². The van der Waals surface area contributed by atoms with Crippen LogP contribution in [0.5, 0.6) is 0 Å². The highest BCUT2D eigenvalue weighted by molar-refractivity contribution is 7.18. The molecule has 0 radical (unpaired) electrons. The number of thiophene rings is 6. The van der Waals surface area contributed by atoms with Crippen LogP contribution in [0.15, 0.2) is 297 Å². The van der Waals surface area contributed by atoms with E-state index in [-0.39, 0.29) is 16.2 Å². The van der Waals surface area contributed by atoms with Crippen molar-refractivity contribution in [1.82, 2.24) is 0 Å². The van der Waals surface area contributed by atoms with Crippen molar-refractivity contribution in [2.24, 2.45) is 0 Å². The molecule has 0 spiro atoms. The van der Waals surface area contributed by atoms with Gasteiger partial charge in [0, 0.05) is 104 Å². The average molecular weight is 1980 g/mol. The standard InChI is InChI=1S/C134H138N2OS6/c1-7-13-19-37-87-132(88-38-20-14-8-2)121-94-100(124-85-79-114(142-124)74-71-111-69-67-109(139-111)65-56-98-53-62-107(63-54-98)136(104-47-33-27-34-48-104)105-49-35-28-36-50-105)58-82-118(121)127-129(132)126-117-81-57-99(123-84-78-113(141-123)73-70-110-68-66-108(138-110)64-55-97-51-60-106(61-52-97)135(102-43-29-25-30-44-102)103-45-31-26-32-46-103)93-120(117)133(89-39-21-15-9-3,90-40-22-16-10-4)130(126)128-119-83-59-101(125-86-80-115(143-125)75-72-112-76-77-116(96-137)140-112)95-122(119)134(131(127)128,91-41-23-17-11-5)92-42-24-18-12-6/h25-36,43-86,93-96H,7-24,37-42,87-92H2,1-6H3/b64-55+,65-56+,73-70+,74-71+,75-72+. The maximum Gasteiger partial charge on any atom is 0.160 e. The summed E-state index contributed by atoms with van der Waals surface area (Å²) in [7, 11) is 0. The predicted octanol–water partition coefficient (Wildman–Crippen LogP) is 43.3. The molecule has 0 aliphatic heterocycles. The number of carbonyl (C=O) groups excluding carboxylic acids is 1. The van der Waals surface area contributed by atoms with E-state index in [4.69, 9.17) is 0 Å². The Labute approximate surface area is 877 Å². The van der Waals surface area contributed by atoms with Gasteiger partial charge in [-0.2, -0.15) is 0 Å². The largest absolute Gasteiger partial charge is 0.311 e. The molecule has 3 aliphatic carbocycles. The summed E-state index contributed by atoms with van der Waals surface area (Å²) < 4.78 is 0. The molecule has 3 nitrogen and oxygen atoms in total. The van der Waals surface area contributed by atoms with Gasteiger partial charge in [0.2, 0.25) is 0 Å². The molecule has 726 valence electrons. The summed E-state index contributed by atoms with van der Waals surface area (Å²) in [5.74, 6) is 0. The SMILES string of the molecule is CCCCCCC1(CCCCCC)c2cc(-c3ccc(/C=C/c4ccc(C=O)s4)s3)ccc2-c2c1c1c(c3c2C(CCCCCC)(CCCCCC)c2cc(-c4ccc(/C=C/c5ccc(/C=C/c6ccc(N(c7ccccc7)c7ccccc7)cc6)s5)s4)ccc2-3)C(CCCCCC)(CCCCCC)c2cc(-c3ccc(/C=C/c4ccc(/C=C/c5ccc(N(c6ccccc6)c6ccccc6)cc5)s4)s3)ccc2-1. The minimum Gasteiger partial charge on any atom is -0.311 e. The summed E-state index contributed by atoms with van der Waals surface area (Å²) in [5, 5.41) is 0. The van der Waals surface area contributed by atoms with Crippen LogP contribution in [0.25, 0.3) is 125 Å². The second-order valence-electron chi connectivity index (χ2n) is 39.9. The van der Waals surface area contributed by atoms with Gasteiger partial charge in [-0.25, -0.2) is 0 Å². The van der Waals surface area contributed by atoms with E-state index >= 15 is 0 Å². The van der Waals surface area contributed by atoms with Crippen molar-refractivity contribution < 1.29 is 4.79 Å². The smallest absolute Gasteiger partial charge is 0.160 e. The van der Waals surface area contributed by atoms with Gasteiger partial charge in [0.15, 0.2) is 6.29 Å². The molecule has 143 heavy (non-hydrogen) atoms. The van der Waals surface area contributed by atoms with Gasteiger partial charge >= 0.3 is 0 Å². The molecule has 10 aromatic carbocycles. The zero-order valence-corrected chi connectivity index (χ0v) is 89.5. The molecule has 6 aromatic heterocycles. The molecular formula is C134H138N2OS6. The molecule has 3 aliphatic rings. The van der Waals surface area contributed by atoms with Gasteiger partial charge in [-0.05, 0) is 346 Å². The van der Waals surface area contributed by atoms with Crippen LogP contribution in [0.3, 0.4) is 0 Å². The topological polar surface area (TPSA) is 23.6 Å². The number of hydrogen-bond acceptors (Lipinski definition) is 9. The van der Waals surface area contributed by atoms with Crippen molar-refractivity contribution in [2.45, 2.75) is 250 Å². The van der Waals surface area contributed by atoms with Crippen LogP contribution in [0.2, 0.25) is 0 Å². The Kier molecular flexibility index (Phi) is 33.5. The quantitative estimate of drug-likeness (QED) is 0.0280. The maximum atomic E-state index is 11.9. The predicted molar refractivity (Wildman–Crippen MR) is 633 cm³/mol. The molecule has 0 fully saturated rings. The Morgan fingerprint density at radius 2 is 0.441 bits per heavy atom. The number of hydrogen-bond donors (Lipinski definition) is 0. The van der Waals surface area contributed by atoms with Crippen LogP contribution in [-0.2, 0) is 16.2 Å². The maximum absolute atomic E-state index is 11.9. The van der Waals surface area contributed by atoms with Gasteiger partial charge in [0.05, 0.1) is 4.88 Å². The number of aldehydes is 1. The number of fused-ring (bicyclic) bond motifs is 12. The lowest BCUT2D eigenvalue weighted by Gasteiger charge is -2.40. The minimum atomic E-state index is -0.261. The lowest BCUT2D eigenvalue weighted by molar-refractivity contribution is 0.112. The summed E-state index contributed by atoms with van der Waals surface area (Å²) in [6.07, 6.45) is 60.0. The zero-order valence-electron chi connectivity index (χ0n) is 84.6. The molecule has 0 unspecified atom stereocenters. The van der Waals surface area contributed by atoms with Crippen molar-refractivity contribution in [2.75, 3.05) is 9.80 Å². The fraction of sp³-hybridized carbons (Fsp3) is 0.291. The van der Waals surface area contributed by atoms with Crippen molar-refractivity contribution in [3.63, 3.8) is 0 Å². The van der Waals surface area contributed by atoms with Crippen molar-refractivity contribution >= 4 is 169 Å².